The van der Waals surface area contributed by atoms with Gasteiger partial charge in [-0.25, -0.2) is 12.7 Å². The number of nitrogens with zero attached hydrogens (tertiary/aromatic N) is 1. The summed E-state index contributed by atoms with van der Waals surface area (Å²) in [5.74, 6) is 0.311. The molecule has 6 nitrogen and oxygen atoms in total. The highest BCUT2D eigenvalue weighted by atomic mass is 32.2. The third-order valence-electron chi connectivity index (χ3n) is 2.32. The van der Waals surface area contributed by atoms with Crippen molar-refractivity contribution in [2.45, 2.75) is 11.3 Å². The molecule has 102 valence electrons. The van der Waals surface area contributed by atoms with E-state index in [1.165, 1.54) is 32.3 Å². The molecule has 0 aliphatic heterocycles. The first-order valence-corrected chi connectivity index (χ1v) is 6.89. The Balaban J connectivity index is 3.01. The summed E-state index contributed by atoms with van der Waals surface area (Å²) in [6.07, 6.45) is 0.462. The number of ether oxygens (including phenoxy) is 1. The van der Waals surface area contributed by atoms with Crippen molar-refractivity contribution in [2.75, 3.05) is 33.0 Å². The summed E-state index contributed by atoms with van der Waals surface area (Å²) in [6.45, 7) is 0.293. The Labute approximate surface area is 107 Å². The predicted molar refractivity (Wildman–Crippen MR) is 68.9 cm³/mol. The molecule has 1 aromatic carbocycles. The van der Waals surface area contributed by atoms with Gasteiger partial charge in [-0.3, -0.25) is 0 Å². The first kappa shape index (κ1) is 14.7. The summed E-state index contributed by atoms with van der Waals surface area (Å²) in [7, 11) is -0.586. The van der Waals surface area contributed by atoms with Gasteiger partial charge in [-0.05, 0) is 12.1 Å². The van der Waals surface area contributed by atoms with Gasteiger partial charge < -0.3 is 15.6 Å². The van der Waals surface area contributed by atoms with Crippen LogP contribution in [-0.4, -0.2) is 45.1 Å². The molecule has 1 aromatic rings. The SMILES string of the molecule is CN(C)S(=O)(=O)c1ccc(N)c(OCCCO)c1. The molecule has 0 spiro atoms. The Morgan fingerprint density at radius 1 is 1.39 bits per heavy atom. The van der Waals surface area contributed by atoms with Crippen LogP contribution >= 0.6 is 0 Å². The Kier molecular flexibility index (Phi) is 4.94. The zero-order valence-corrected chi connectivity index (χ0v) is 11.3. The molecule has 0 amide bonds. The molecule has 18 heavy (non-hydrogen) atoms. The van der Waals surface area contributed by atoms with E-state index in [9.17, 15) is 8.42 Å². The van der Waals surface area contributed by atoms with Gasteiger partial charge in [0.2, 0.25) is 10.0 Å². The van der Waals surface area contributed by atoms with Gasteiger partial charge in [0, 0.05) is 33.2 Å². The number of rotatable bonds is 6. The standard InChI is InChI=1S/C11H18N2O4S/c1-13(2)18(15,16)9-4-5-10(12)11(8-9)17-7-3-6-14/h4-5,8,14H,3,6-7,12H2,1-2H3. The van der Waals surface area contributed by atoms with E-state index in [1.54, 1.807) is 0 Å². The maximum absolute atomic E-state index is 11.9. The molecule has 7 heteroatoms. The first-order chi connectivity index (χ1) is 8.39. The van der Waals surface area contributed by atoms with Gasteiger partial charge in [0.15, 0.2) is 0 Å². The van der Waals surface area contributed by atoms with Crippen molar-refractivity contribution in [2.24, 2.45) is 0 Å². The van der Waals surface area contributed by atoms with Crippen LogP contribution < -0.4 is 10.5 Å². The van der Waals surface area contributed by atoms with Gasteiger partial charge in [-0.2, -0.15) is 0 Å². The van der Waals surface area contributed by atoms with E-state index >= 15 is 0 Å². The Morgan fingerprint density at radius 2 is 2.06 bits per heavy atom. The van der Waals surface area contributed by atoms with Crippen molar-refractivity contribution in [3.05, 3.63) is 18.2 Å². The summed E-state index contributed by atoms with van der Waals surface area (Å²) >= 11 is 0. The summed E-state index contributed by atoms with van der Waals surface area (Å²) < 4.78 is 30.3. The quantitative estimate of drug-likeness (QED) is 0.574. The predicted octanol–water partition coefficient (Wildman–Crippen LogP) is 0.280. The van der Waals surface area contributed by atoms with Crippen LogP contribution in [0.2, 0.25) is 0 Å². The average molecular weight is 274 g/mol. The van der Waals surface area contributed by atoms with Gasteiger partial charge >= 0.3 is 0 Å². The molecular formula is C11H18N2O4S. The van der Waals surface area contributed by atoms with E-state index in [0.717, 1.165) is 4.31 Å². The van der Waals surface area contributed by atoms with Crippen molar-refractivity contribution in [3.63, 3.8) is 0 Å². The molecule has 0 heterocycles. The van der Waals surface area contributed by atoms with Crippen LogP contribution in [0.4, 0.5) is 5.69 Å². The maximum Gasteiger partial charge on any atom is 0.242 e. The molecule has 0 bridgehead atoms. The fourth-order valence-electron chi connectivity index (χ4n) is 1.26. The number of aliphatic hydroxyl groups is 1. The number of sulfonamides is 1. The second-order valence-electron chi connectivity index (χ2n) is 3.91. The van der Waals surface area contributed by atoms with Crippen molar-refractivity contribution in [1.82, 2.24) is 4.31 Å². The number of benzene rings is 1. The molecular weight excluding hydrogens is 256 g/mol. The highest BCUT2D eigenvalue weighted by Gasteiger charge is 2.18. The number of hydrogen-bond donors (Lipinski definition) is 2. The number of anilines is 1. The van der Waals surface area contributed by atoms with Crippen LogP contribution in [0.3, 0.4) is 0 Å². The molecule has 0 radical (unpaired) electrons. The highest BCUT2D eigenvalue weighted by Crippen LogP contribution is 2.26. The normalized spacial score (nSPS) is 11.8. The first-order valence-electron chi connectivity index (χ1n) is 5.45. The van der Waals surface area contributed by atoms with Gasteiger partial charge in [-0.15, -0.1) is 0 Å². The van der Waals surface area contributed by atoms with E-state index in [1.807, 2.05) is 0 Å². The van der Waals surface area contributed by atoms with Gasteiger partial charge in [0.05, 0.1) is 17.2 Å². The Morgan fingerprint density at radius 3 is 2.61 bits per heavy atom. The molecule has 0 saturated heterocycles. The third kappa shape index (κ3) is 3.34. The minimum atomic E-state index is -3.50. The van der Waals surface area contributed by atoms with Gasteiger partial charge in [0.25, 0.3) is 0 Å². The van der Waals surface area contributed by atoms with E-state index in [-0.39, 0.29) is 18.1 Å². The van der Waals surface area contributed by atoms with Crippen molar-refractivity contribution >= 4 is 15.7 Å². The lowest BCUT2D eigenvalue weighted by molar-refractivity contribution is 0.234. The van der Waals surface area contributed by atoms with Crippen LogP contribution in [0.5, 0.6) is 5.75 Å². The van der Waals surface area contributed by atoms with E-state index in [2.05, 4.69) is 0 Å². The van der Waals surface area contributed by atoms with Crippen LogP contribution in [0.1, 0.15) is 6.42 Å². The fraction of sp³-hybridized carbons (Fsp3) is 0.455. The van der Waals surface area contributed by atoms with Crippen LogP contribution in [0.25, 0.3) is 0 Å². The molecule has 0 atom stereocenters. The minimum Gasteiger partial charge on any atom is -0.491 e. The third-order valence-corrected chi connectivity index (χ3v) is 4.13. The molecule has 0 aromatic heterocycles. The topological polar surface area (TPSA) is 92.9 Å². The van der Waals surface area contributed by atoms with Crippen molar-refractivity contribution < 1.29 is 18.3 Å². The van der Waals surface area contributed by atoms with Crippen molar-refractivity contribution in [1.29, 1.82) is 0 Å². The lowest BCUT2D eigenvalue weighted by Crippen LogP contribution is -2.22. The van der Waals surface area contributed by atoms with E-state index < -0.39 is 10.0 Å². The zero-order chi connectivity index (χ0) is 13.8. The fourth-order valence-corrected chi connectivity index (χ4v) is 2.18. The minimum absolute atomic E-state index is 0.00952. The highest BCUT2D eigenvalue weighted by molar-refractivity contribution is 7.89. The lowest BCUT2D eigenvalue weighted by Gasteiger charge is -2.14. The van der Waals surface area contributed by atoms with Crippen LogP contribution in [-0.2, 0) is 10.0 Å². The molecule has 1 rings (SSSR count). The number of aliphatic hydroxyl groups excluding tert-OH is 1. The Hall–Kier alpha value is -1.31. The molecule has 0 aliphatic rings. The monoisotopic (exact) mass is 274 g/mol. The lowest BCUT2D eigenvalue weighted by atomic mass is 10.3. The summed E-state index contributed by atoms with van der Waals surface area (Å²) in [5.41, 5.74) is 6.06. The second-order valence-corrected chi connectivity index (χ2v) is 6.06. The van der Waals surface area contributed by atoms with Crippen LogP contribution in [0.15, 0.2) is 23.1 Å². The number of nitrogen functional groups attached to an aromatic ring is 1. The molecule has 3 N–H and O–H groups in total. The average Bonchev–Trinajstić information content (AvgIpc) is 2.31. The number of nitrogens with two attached hydrogens (primary N) is 1. The Bertz CT molecular complexity index is 500. The van der Waals surface area contributed by atoms with Crippen molar-refractivity contribution in [3.8, 4) is 5.75 Å². The summed E-state index contributed by atoms with van der Waals surface area (Å²) in [5, 5.41) is 8.66. The van der Waals surface area contributed by atoms with E-state index in [4.69, 9.17) is 15.6 Å². The number of hydrogen-bond acceptors (Lipinski definition) is 5. The molecule has 0 aliphatic carbocycles. The van der Waals surface area contributed by atoms with Gasteiger partial charge in [-0.1, -0.05) is 0 Å². The van der Waals surface area contributed by atoms with Gasteiger partial charge in [0.1, 0.15) is 5.75 Å². The summed E-state index contributed by atoms with van der Waals surface area (Å²) in [6, 6.07) is 4.32. The largest absolute Gasteiger partial charge is 0.491 e. The zero-order valence-electron chi connectivity index (χ0n) is 10.5. The summed E-state index contributed by atoms with van der Waals surface area (Å²) in [4.78, 5) is 0.126. The van der Waals surface area contributed by atoms with Crippen LogP contribution in [0, 0.1) is 0 Å². The van der Waals surface area contributed by atoms with E-state index in [0.29, 0.717) is 17.9 Å². The molecule has 0 saturated carbocycles. The molecule has 0 fully saturated rings. The second kappa shape index (κ2) is 6.03. The molecule has 0 unspecified atom stereocenters. The smallest absolute Gasteiger partial charge is 0.242 e. The maximum atomic E-state index is 11.9.